The van der Waals surface area contributed by atoms with Crippen LogP contribution in [0.1, 0.15) is 37.4 Å². The van der Waals surface area contributed by atoms with E-state index < -0.39 is 0 Å². The minimum Gasteiger partial charge on any atom is -0.322 e. The number of rotatable bonds is 6. The number of carbonyl (C=O) groups excluding carboxylic acids is 2. The zero-order valence-corrected chi connectivity index (χ0v) is 20.1. The summed E-state index contributed by atoms with van der Waals surface area (Å²) in [7, 11) is 0. The summed E-state index contributed by atoms with van der Waals surface area (Å²) >= 11 is 1.36. The standard InChI is InChI=1S/C29H23N3O2S/c1-19-10-9-15-24(20(19)2)31-28(33)22-12-4-6-14-25(22)32-29(34)23-13-5-8-17-27(23)35-26-16-7-3-11-21(26)18-30/h3-17H,1-2H3,(H,31,33)(H,32,34). The number of nitriles is 1. The second-order valence-electron chi connectivity index (χ2n) is 7.91. The molecule has 0 aliphatic rings. The van der Waals surface area contributed by atoms with E-state index in [1.165, 1.54) is 11.8 Å². The van der Waals surface area contributed by atoms with Crippen LogP contribution in [0.2, 0.25) is 0 Å². The molecule has 0 atom stereocenters. The van der Waals surface area contributed by atoms with Gasteiger partial charge in [0.05, 0.1) is 22.4 Å². The molecule has 0 bridgehead atoms. The van der Waals surface area contributed by atoms with Gasteiger partial charge in [-0.2, -0.15) is 5.26 Å². The van der Waals surface area contributed by atoms with E-state index in [4.69, 9.17) is 0 Å². The first-order chi connectivity index (χ1) is 17.0. The summed E-state index contributed by atoms with van der Waals surface area (Å²) in [4.78, 5) is 27.9. The third-order valence-electron chi connectivity index (χ3n) is 5.63. The zero-order valence-electron chi connectivity index (χ0n) is 19.3. The van der Waals surface area contributed by atoms with Crippen molar-refractivity contribution >= 4 is 35.0 Å². The Morgan fingerprint density at radius 3 is 2.03 bits per heavy atom. The second kappa shape index (κ2) is 10.7. The monoisotopic (exact) mass is 477 g/mol. The van der Waals surface area contributed by atoms with Crippen molar-refractivity contribution < 1.29 is 9.59 Å². The van der Waals surface area contributed by atoms with Gasteiger partial charge in [-0.3, -0.25) is 9.59 Å². The molecule has 0 aliphatic heterocycles. The second-order valence-corrected chi connectivity index (χ2v) is 8.99. The number of carbonyl (C=O) groups is 2. The summed E-state index contributed by atoms with van der Waals surface area (Å²) in [6, 6.07) is 29.3. The van der Waals surface area contributed by atoms with Gasteiger partial charge in [-0.15, -0.1) is 0 Å². The average Bonchev–Trinajstić information content (AvgIpc) is 2.87. The maximum absolute atomic E-state index is 13.3. The first-order valence-corrected chi connectivity index (χ1v) is 11.8. The van der Waals surface area contributed by atoms with E-state index in [1.54, 1.807) is 48.5 Å². The quantitative estimate of drug-likeness (QED) is 0.319. The van der Waals surface area contributed by atoms with Gasteiger partial charge in [0.2, 0.25) is 0 Å². The fourth-order valence-electron chi connectivity index (χ4n) is 3.57. The molecule has 4 rings (SSSR count). The number of amides is 2. The number of anilines is 2. The SMILES string of the molecule is Cc1cccc(NC(=O)c2ccccc2NC(=O)c2ccccc2Sc2ccccc2C#N)c1C. The van der Waals surface area contributed by atoms with E-state index in [2.05, 4.69) is 16.7 Å². The molecule has 4 aromatic rings. The van der Waals surface area contributed by atoms with Gasteiger partial charge in [-0.1, -0.05) is 60.3 Å². The number of nitrogens with one attached hydrogen (secondary N) is 2. The molecule has 172 valence electrons. The first-order valence-electron chi connectivity index (χ1n) is 11.0. The molecule has 0 aliphatic carbocycles. The molecule has 0 spiro atoms. The average molecular weight is 478 g/mol. The van der Waals surface area contributed by atoms with Gasteiger partial charge in [0.25, 0.3) is 11.8 Å². The summed E-state index contributed by atoms with van der Waals surface area (Å²) in [6.45, 7) is 3.95. The van der Waals surface area contributed by atoms with Crippen LogP contribution in [0.4, 0.5) is 11.4 Å². The summed E-state index contributed by atoms with van der Waals surface area (Å²) in [5, 5.41) is 15.3. The Morgan fingerprint density at radius 1 is 0.686 bits per heavy atom. The van der Waals surface area contributed by atoms with Crippen LogP contribution in [-0.4, -0.2) is 11.8 Å². The zero-order chi connectivity index (χ0) is 24.8. The Labute approximate surface area is 208 Å². The van der Waals surface area contributed by atoms with Crippen molar-refractivity contribution in [3.8, 4) is 6.07 Å². The molecule has 4 aromatic carbocycles. The van der Waals surface area contributed by atoms with Gasteiger partial charge in [-0.05, 0) is 67.4 Å². The fourth-order valence-corrected chi connectivity index (χ4v) is 4.59. The molecule has 35 heavy (non-hydrogen) atoms. The van der Waals surface area contributed by atoms with E-state index >= 15 is 0 Å². The van der Waals surface area contributed by atoms with Crippen LogP contribution in [0.25, 0.3) is 0 Å². The Bertz CT molecular complexity index is 1460. The molecular weight excluding hydrogens is 454 g/mol. The Kier molecular flexibility index (Phi) is 7.30. The summed E-state index contributed by atoms with van der Waals surface area (Å²) in [5.74, 6) is -0.644. The highest BCUT2D eigenvalue weighted by Crippen LogP contribution is 2.33. The molecule has 0 heterocycles. The van der Waals surface area contributed by atoms with Crippen LogP contribution in [0, 0.1) is 25.2 Å². The molecule has 0 saturated carbocycles. The molecule has 2 N–H and O–H groups in total. The third kappa shape index (κ3) is 5.43. The molecule has 0 fully saturated rings. The van der Waals surface area contributed by atoms with Crippen molar-refractivity contribution in [3.63, 3.8) is 0 Å². The lowest BCUT2D eigenvalue weighted by molar-refractivity contribution is 0.102. The third-order valence-corrected chi connectivity index (χ3v) is 6.78. The van der Waals surface area contributed by atoms with Gasteiger partial charge < -0.3 is 10.6 Å². The maximum atomic E-state index is 13.3. The molecule has 2 amide bonds. The van der Waals surface area contributed by atoms with Crippen molar-refractivity contribution in [2.24, 2.45) is 0 Å². The topological polar surface area (TPSA) is 82.0 Å². The van der Waals surface area contributed by atoms with Crippen molar-refractivity contribution in [1.29, 1.82) is 5.26 Å². The number of nitrogens with zero attached hydrogens (tertiary/aromatic N) is 1. The van der Waals surface area contributed by atoms with Crippen LogP contribution in [0.5, 0.6) is 0 Å². The molecule has 0 aromatic heterocycles. The van der Waals surface area contributed by atoms with Crippen LogP contribution in [0.15, 0.2) is 101 Å². The molecular formula is C29H23N3O2S. The van der Waals surface area contributed by atoms with Crippen LogP contribution in [0.3, 0.4) is 0 Å². The molecule has 5 nitrogen and oxygen atoms in total. The predicted molar refractivity (Wildman–Crippen MR) is 140 cm³/mol. The fraction of sp³-hybridized carbons (Fsp3) is 0.0690. The van der Waals surface area contributed by atoms with Gasteiger partial charge in [0, 0.05) is 15.5 Å². The van der Waals surface area contributed by atoms with Crippen molar-refractivity contribution in [3.05, 3.63) is 119 Å². The number of aryl methyl sites for hydroxylation is 1. The Balaban J connectivity index is 1.59. The highest BCUT2D eigenvalue weighted by molar-refractivity contribution is 7.99. The number of benzene rings is 4. The maximum Gasteiger partial charge on any atom is 0.257 e. The van der Waals surface area contributed by atoms with E-state index in [1.807, 2.05) is 56.3 Å². The predicted octanol–water partition coefficient (Wildman–Crippen LogP) is 6.83. The molecule has 0 radical (unpaired) electrons. The van der Waals surface area contributed by atoms with E-state index in [0.717, 1.165) is 21.7 Å². The summed E-state index contributed by atoms with van der Waals surface area (Å²) in [5.41, 5.74) is 4.58. The minimum atomic E-state index is -0.338. The van der Waals surface area contributed by atoms with Crippen LogP contribution < -0.4 is 10.6 Å². The molecule has 6 heteroatoms. The summed E-state index contributed by atoms with van der Waals surface area (Å²) < 4.78 is 0. The van der Waals surface area contributed by atoms with Gasteiger partial charge in [0.1, 0.15) is 6.07 Å². The summed E-state index contributed by atoms with van der Waals surface area (Å²) in [6.07, 6.45) is 0. The first kappa shape index (κ1) is 23.8. The highest BCUT2D eigenvalue weighted by atomic mass is 32.2. The van der Waals surface area contributed by atoms with Gasteiger partial charge >= 0.3 is 0 Å². The molecule has 0 unspecified atom stereocenters. The van der Waals surface area contributed by atoms with Crippen LogP contribution in [-0.2, 0) is 0 Å². The highest BCUT2D eigenvalue weighted by Gasteiger charge is 2.18. The Hall–Kier alpha value is -4.34. The van der Waals surface area contributed by atoms with Crippen LogP contribution >= 0.6 is 11.8 Å². The van der Waals surface area contributed by atoms with Gasteiger partial charge in [-0.25, -0.2) is 0 Å². The van der Waals surface area contributed by atoms with Crippen molar-refractivity contribution in [1.82, 2.24) is 0 Å². The number of hydrogen-bond acceptors (Lipinski definition) is 4. The Morgan fingerprint density at radius 2 is 1.26 bits per heavy atom. The van der Waals surface area contributed by atoms with E-state index in [9.17, 15) is 14.9 Å². The number of para-hydroxylation sites is 1. The molecule has 0 saturated heterocycles. The lowest BCUT2D eigenvalue weighted by Gasteiger charge is -2.15. The van der Waals surface area contributed by atoms with E-state index in [0.29, 0.717) is 27.3 Å². The lowest BCUT2D eigenvalue weighted by atomic mass is 10.1. The normalized spacial score (nSPS) is 10.3. The lowest BCUT2D eigenvalue weighted by Crippen LogP contribution is -2.19. The largest absolute Gasteiger partial charge is 0.322 e. The van der Waals surface area contributed by atoms with Gasteiger partial charge in [0.15, 0.2) is 0 Å². The van der Waals surface area contributed by atoms with Crippen molar-refractivity contribution in [2.45, 2.75) is 23.6 Å². The van der Waals surface area contributed by atoms with E-state index in [-0.39, 0.29) is 11.8 Å². The number of hydrogen-bond donors (Lipinski definition) is 2. The smallest absolute Gasteiger partial charge is 0.257 e. The minimum absolute atomic E-state index is 0.305. The van der Waals surface area contributed by atoms with Crippen molar-refractivity contribution in [2.75, 3.05) is 10.6 Å².